The normalized spacial score (nSPS) is 11.4. The maximum Gasteiger partial charge on any atom is 0.246 e. The second-order valence-electron chi connectivity index (χ2n) is 7.17. The quantitative estimate of drug-likeness (QED) is 0.476. The van der Waals surface area contributed by atoms with Crippen molar-refractivity contribution >= 4 is 21.6 Å². The minimum atomic E-state index is -3.75. The average molecular weight is 475 g/mol. The molecule has 2 aromatic carbocycles. The van der Waals surface area contributed by atoms with Crippen LogP contribution < -0.4 is 14.8 Å². The van der Waals surface area contributed by atoms with Crippen LogP contribution in [0.4, 0.5) is 5.69 Å². The molecule has 1 N–H and O–H groups in total. The first kappa shape index (κ1) is 24.2. The molecule has 0 aliphatic carbocycles. The summed E-state index contributed by atoms with van der Waals surface area (Å²) < 4.78 is 41.9. The molecule has 0 spiro atoms. The van der Waals surface area contributed by atoms with Gasteiger partial charge in [-0.2, -0.15) is 4.98 Å². The van der Waals surface area contributed by atoms with Crippen molar-refractivity contribution in [3.05, 3.63) is 48.4 Å². The number of rotatable bonds is 10. The fourth-order valence-corrected chi connectivity index (χ4v) is 4.01. The van der Waals surface area contributed by atoms with Crippen molar-refractivity contribution in [3.63, 3.8) is 0 Å². The zero-order chi connectivity index (χ0) is 24.0. The van der Waals surface area contributed by atoms with E-state index in [1.54, 1.807) is 6.07 Å². The number of ether oxygens (including phenoxy) is 2. The Morgan fingerprint density at radius 1 is 1.15 bits per heavy atom. The lowest BCUT2D eigenvalue weighted by Gasteiger charge is -2.15. The lowest BCUT2D eigenvalue weighted by atomic mass is 10.2. The number of benzene rings is 2. The molecule has 33 heavy (non-hydrogen) atoms. The maximum absolute atomic E-state index is 12.5. The summed E-state index contributed by atoms with van der Waals surface area (Å²) in [5.74, 6) is 1.35. The third kappa shape index (κ3) is 5.88. The maximum atomic E-state index is 12.5. The van der Waals surface area contributed by atoms with E-state index in [-0.39, 0.29) is 29.4 Å². The van der Waals surface area contributed by atoms with Crippen LogP contribution in [0.2, 0.25) is 0 Å². The fraction of sp³-hybridized carbons (Fsp3) is 0.318. The molecule has 3 aromatic rings. The molecule has 0 aliphatic heterocycles. The predicted molar refractivity (Wildman–Crippen MR) is 122 cm³/mol. The summed E-state index contributed by atoms with van der Waals surface area (Å²) in [6.07, 6.45) is 0.307. The highest BCUT2D eigenvalue weighted by Crippen LogP contribution is 2.29. The Labute approximate surface area is 192 Å². The van der Waals surface area contributed by atoms with Gasteiger partial charge in [0, 0.05) is 38.2 Å². The Bertz CT molecular complexity index is 1210. The van der Waals surface area contributed by atoms with Crippen LogP contribution in [-0.2, 0) is 21.2 Å². The number of amides is 1. The van der Waals surface area contributed by atoms with Gasteiger partial charge in [-0.3, -0.25) is 4.79 Å². The van der Waals surface area contributed by atoms with Crippen molar-refractivity contribution in [1.29, 1.82) is 0 Å². The molecule has 11 heteroatoms. The molecule has 176 valence electrons. The number of nitrogens with one attached hydrogen (secondary N) is 1. The van der Waals surface area contributed by atoms with Gasteiger partial charge in [0.15, 0.2) is 0 Å². The zero-order valence-electron chi connectivity index (χ0n) is 18.9. The van der Waals surface area contributed by atoms with Crippen LogP contribution in [0, 0.1) is 0 Å². The summed E-state index contributed by atoms with van der Waals surface area (Å²) >= 11 is 0. The van der Waals surface area contributed by atoms with Crippen molar-refractivity contribution in [2.75, 3.05) is 33.1 Å². The molecule has 10 nitrogen and oxygen atoms in total. The Kier molecular flexibility index (Phi) is 7.67. The van der Waals surface area contributed by atoms with Crippen LogP contribution >= 0.6 is 0 Å². The number of sulfonamides is 1. The van der Waals surface area contributed by atoms with Gasteiger partial charge in [0.2, 0.25) is 27.6 Å². The minimum Gasteiger partial charge on any atom is -0.495 e. The molecule has 1 amide bonds. The number of aryl methyl sites for hydroxylation is 1. The lowest BCUT2D eigenvalue weighted by molar-refractivity contribution is -0.116. The largest absolute Gasteiger partial charge is 0.495 e. The summed E-state index contributed by atoms with van der Waals surface area (Å²) in [6.45, 7) is 2.49. The Morgan fingerprint density at radius 2 is 1.88 bits per heavy atom. The standard InChI is InChI=1S/C22H26N4O6S/c1-5-31-17-9-6-15(7-10-17)22-24-21(32-25-22)13-12-20(27)23-16-8-11-18(30-4)19(14-16)33(28,29)26(2)3/h6-11,14H,5,12-13H2,1-4H3,(H,23,27). The highest BCUT2D eigenvalue weighted by atomic mass is 32.2. The van der Waals surface area contributed by atoms with Gasteiger partial charge in [-0.05, 0) is 49.4 Å². The Hall–Kier alpha value is -3.44. The third-order valence-electron chi connectivity index (χ3n) is 4.66. The Balaban J connectivity index is 1.63. The molecule has 0 fully saturated rings. The first-order valence-corrected chi connectivity index (χ1v) is 11.6. The van der Waals surface area contributed by atoms with E-state index in [9.17, 15) is 13.2 Å². The number of carbonyl (C=O) groups is 1. The van der Waals surface area contributed by atoms with E-state index < -0.39 is 10.0 Å². The summed E-state index contributed by atoms with van der Waals surface area (Å²) in [7, 11) is 0.481. The van der Waals surface area contributed by atoms with E-state index >= 15 is 0 Å². The van der Waals surface area contributed by atoms with Crippen LogP contribution in [0.1, 0.15) is 19.2 Å². The summed E-state index contributed by atoms with van der Waals surface area (Å²) in [6, 6.07) is 11.7. The number of anilines is 1. The number of methoxy groups -OCH3 is 1. The highest BCUT2D eigenvalue weighted by Gasteiger charge is 2.23. The molecule has 0 atom stereocenters. The van der Waals surface area contributed by atoms with Gasteiger partial charge in [0.25, 0.3) is 0 Å². The van der Waals surface area contributed by atoms with Crippen LogP contribution in [0.3, 0.4) is 0 Å². The molecule has 1 heterocycles. The fourth-order valence-electron chi connectivity index (χ4n) is 2.94. The topological polar surface area (TPSA) is 124 Å². The van der Waals surface area contributed by atoms with Crippen molar-refractivity contribution in [3.8, 4) is 22.9 Å². The van der Waals surface area contributed by atoms with Gasteiger partial charge in [-0.25, -0.2) is 12.7 Å². The molecule has 3 rings (SSSR count). The molecule has 0 aliphatic rings. The molecule has 0 bridgehead atoms. The smallest absolute Gasteiger partial charge is 0.246 e. The number of carbonyl (C=O) groups excluding carboxylic acids is 1. The predicted octanol–water partition coefficient (Wildman–Crippen LogP) is 2.97. The van der Waals surface area contributed by atoms with Crippen LogP contribution in [0.5, 0.6) is 11.5 Å². The van der Waals surface area contributed by atoms with Crippen LogP contribution in [0.15, 0.2) is 51.9 Å². The minimum absolute atomic E-state index is 0.0373. The van der Waals surface area contributed by atoms with Gasteiger partial charge >= 0.3 is 0 Å². The van der Waals surface area contributed by atoms with Gasteiger partial charge < -0.3 is 19.3 Å². The van der Waals surface area contributed by atoms with E-state index in [1.807, 2.05) is 31.2 Å². The average Bonchev–Trinajstić information content (AvgIpc) is 3.27. The Morgan fingerprint density at radius 3 is 2.52 bits per heavy atom. The SMILES string of the molecule is CCOc1ccc(-c2noc(CCC(=O)Nc3ccc(OC)c(S(=O)(=O)N(C)C)c3)n2)cc1. The molecule has 0 unspecified atom stereocenters. The number of aromatic nitrogens is 2. The first-order chi connectivity index (χ1) is 15.7. The number of hydrogen-bond donors (Lipinski definition) is 1. The van der Waals surface area contributed by atoms with Crippen molar-refractivity contribution < 1.29 is 27.2 Å². The van der Waals surface area contributed by atoms with E-state index in [1.165, 1.54) is 33.3 Å². The summed E-state index contributed by atoms with van der Waals surface area (Å²) in [5.41, 5.74) is 1.10. The molecule has 1 aromatic heterocycles. The van der Waals surface area contributed by atoms with Gasteiger partial charge in [-0.1, -0.05) is 5.16 Å². The molecular formula is C22H26N4O6S. The van der Waals surface area contributed by atoms with Gasteiger partial charge in [-0.15, -0.1) is 0 Å². The summed E-state index contributed by atoms with van der Waals surface area (Å²) in [5, 5.41) is 6.64. The molecule has 0 radical (unpaired) electrons. The van der Waals surface area contributed by atoms with Crippen molar-refractivity contribution in [1.82, 2.24) is 14.4 Å². The van der Waals surface area contributed by atoms with Crippen LogP contribution in [0.25, 0.3) is 11.4 Å². The van der Waals surface area contributed by atoms with E-state index in [2.05, 4.69) is 15.5 Å². The number of nitrogens with zero attached hydrogens (tertiary/aromatic N) is 3. The molecular weight excluding hydrogens is 448 g/mol. The monoisotopic (exact) mass is 474 g/mol. The molecule has 0 saturated carbocycles. The second kappa shape index (κ2) is 10.5. The number of hydrogen-bond acceptors (Lipinski definition) is 8. The highest BCUT2D eigenvalue weighted by molar-refractivity contribution is 7.89. The van der Waals surface area contributed by atoms with Gasteiger partial charge in [0.05, 0.1) is 13.7 Å². The van der Waals surface area contributed by atoms with Crippen molar-refractivity contribution in [2.45, 2.75) is 24.7 Å². The van der Waals surface area contributed by atoms with Crippen LogP contribution in [-0.4, -0.2) is 56.6 Å². The first-order valence-electron chi connectivity index (χ1n) is 10.2. The third-order valence-corrected chi connectivity index (χ3v) is 6.50. The zero-order valence-corrected chi connectivity index (χ0v) is 19.7. The molecule has 0 saturated heterocycles. The van der Waals surface area contributed by atoms with Gasteiger partial charge in [0.1, 0.15) is 16.4 Å². The van der Waals surface area contributed by atoms with Crippen molar-refractivity contribution in [2.24, 2.45) is 0 Å². The van der Waals surface area contributed by atoms with E-state index in [0.29, 0.717) is 24.0 Å². The van der Waals surface area contributed by atoms with E-state index in [0.717, 1.165) is 15.6 Å². The lowest BCUT2D eigenvalue weighted by Crippen LogP contribution is -2.23. The summed E-state index contributed by atoms with van der Waals surface area (Å²) in [4.78, 5) is 16.7. The van der Waals surface area contributed by atoms with E-state index in [4.69, 9.17) is 14.0 Å². The second-order valence-corrected chi connectivity index (χ2v) is 9.29.